The Kier molecular flexibility index (Phi) is 4.52. The highest BCUT2D eigenvalue weighted by molar-refractivity contribution is 7.13. The molecule has 2 rings (SSSR count). The lowest BCUT2D eigenvalue weighted by molar-refractivity contribution is -0.118. The molecule has 7 heteroatoms. The Balaban J connectivity index is 1.91. The van der Waals surface area contributed by atoms with Gasteiger partial charge in [-0.3, -0.25) is 9.59 Å². The van der Waals surface area contributed by atoms with E-state index in [1.165, 1.54) is 11.3 Å². The molecule has 0 aliphatic rings. The molecule has 6 nitrogen and oxygen atoms in total. The van der Waals surface area contributed by atoms with Crippen LogP contribution < -0.4 is 11.1 Å². The SMILES string of the molecule is Cc1ccc(-c2nc(C(=O)NCCCC(N)=O)cs2)o1. The van der Waals surface area contributed by atoms with Gasteiger partial charge in [-0.25, -0.2) is 4.98 Å². The van der Waals surface area contributed by atoms with E-state index in [4.69, 9.17) is 10.2 Å². The minimum absolute atomic E-state index is 0.258. The molecule has 0 aliphatic heterocycles. The molecule has 0 saturated carbocycles. The number of thiazole rings is 1. The molecule has 3 N–H and O–H groups in total. The smallest absolute Gasteiger partial charge is 0.270 e. The Bertz CT molecular complexity index is 618. The van der Waals surface area contributed by atoms with E-state index in [-0.39, 0.29) is 18.2 Å². The number of hydrogen-bond donors (Lipinski definition) is 2. The van der Waals surface area contributed by atoms with Gasteiger partial charge in [0.15, 0.2) is 10.8 Å². The van der Waals surface area contributed by atoms with Crippen LogP contribution in [-0.4, -0.2) is 23.3 Å². The lowest BCUT2D eigenvalue weighted by atomic mass is 10.3. The van der Waals surface area contributed by atoms with E-state index < -0.39 is 0 Å². The number of furan rings is 1. The summed E-state index contributed by atoms with van der Waals surface area (Å²) in [4.78, 5) is 26.6. The third kappa shape index (κ3) is 3.67. The maximum atomic E-state index is 11.8. The number of hydrogen-bond acceptors (Lipinski definition) is 5. The van der Waals surface area contributed by atoms with Crippen LogP contribution in [0.5, 0.6) is 0 Å². The van der Waals surface area contributed by atoms with Crippen molar-refractivity contribution in [3.05, 3.63) is 29.0 Å². The first-order valence-corrected chi connectivity index (χ1v) is 7.03. The summed E-state index contributed by atoms with van der Waals surface area (Å²) in [5.74, 6) is 0.816. The van der Waals surface area contributed by atoms with Crippen molar-refractivity contribution < 1.29 is 14.0 Å². The topological polar surface area (TPSA) is 98.2 Å². The molecule has 2 heterocycles. The molecule has 2 amide bonds. The van der Waals surface area contributed by atoms with Crippen LogP contribution in [0.25, 0.3) is 10.8 Å². The first-order valence-electron chi connectivity index (χ1n) is 6.15. The molecule has 0 unspecified atom stereocenters. The minimum Gasteiger partial charge on any atom is -0.459 e. The van der Waals surface area contributed by atoms with Gasteiger partial charge in [-0.2, -0.15) is 0 Å². The van der Waals surface area contributed by atoms with Crippen molar-refractivity contribution in [3.8, 4) is 10.8 Å². The van der Waals surface area contributed by atoms with E-state index in [0.29, 0.717) is 29.4 Å². The van der Waals surface area contributed by atoms with Crippen molar-refractivity contribution in [2.45, 2.75) is 19.8 Å². The van der Waals surface area contributed by atoms with Gasteiger partial charge < -0.3 is 15.5 Å². The molecular formula is C13H15N3O3S. The van der Waals surface area contributed by atoms with Crippen molar-refractivity contribution in [2.75, 3.05) is 6.54 Å². The number of nitrogens with zero attached hydrogens (tertiary/aromatic N) is 1. The second-order valence-electron chi connectivity index (χ2n) is 4.27. The third-order valence-electron chi connectivity index (χ3n) is 2.57. The van der Waals surface area contributed by atoms with Gasteiger partial charge in [0, 0.05) is 18.3 Å². The van der Waals surface area contributed by atoms with Gasteiger partial charge in [0.2, 0.25) is 5.91 Å². The average Bonchev–Trinajstić information content (AvgIpc) is 3.02. The van der Waals surface area contributed by atoms with Crippen LogP contribution in [0.3, 0.4) is 0 Å². The van der Waals surface area contributed by atoms with Gasteiger partial charge in [0.25, 0.3) is 5.91 Å². The van der Waals surface area contributed by atoms with Gasteiger partial charge in [-0.1, -0.05) is 0 Å². The number of aryl methyl sites for hydroxylation is 1. The summed E-state index contributed by atoms with van der Waals surface area (Å²) in [5, 5.41) is 5.04. The maximum absolute atomic E-state index is 11.8. The van der Waals surface area contributed by atoms with Crippen molar-refractivity contribution in [1.29, 1.82) is 0 Å². The molecule has 0 radical (unpaired) electrons. The lowest BCUT2D eigenvalue weighted by Crippen LogP contribution is -2.25. The van der Waals surface area contributed by atoms with E-state index in [2.05, 4.69) is 10.3 Å². The van der Waals surface area contributed by atoms with Gasteiger partial charge >= 0.3 is 0 Å². The first kappa shape index (κ1) is 14.3. The molecule has 0 atom stereocenters. The van der Waals surface area contributed by atoms with Crippen molar-refractivity contribution in [2.24, 2.45) is 5.73 Å². The lowest BCUT2D eigenvalue weighted by Gasteiger charge is -2.01. The maximum Gasteiger partial charge on any atom is 0.270 e. The van der Waals surface area contributed by atoms with E-state index >= 15 is 0 Å². The molecule has 0 fully saturated rings. The quantitative estimate of drug-likeness (QED) is 0.792. The summed E-state index contributed by atoms with van der Waals surface area (Å²) in [6, 6.07) is 3.67. The molecule has 0 saturated heterocycles. The molecule has 20 heavy (non-hydrogen) atoms. The molecule has 0 bridgehead atoms. The highest BCUT2D eigenvalue weighted by atomic mass is 32.1. The van der Waals surface area contributed by atoms with Crippen LogP contribution in [0.4, 0.5) is 0 Å². The van der Waals surface area contributed by atoms with E-state index in [1.54, 1.807) is 5.38 Å². The number of rotatable bonds is 6. The van der Waals surface area contributed by atoms with Crippen molar-refractivity contribution >= 4 is 23.2 Å². The summed E-state index contributed by atoms with van der Waals surface area (Å²) in [6.07, 6.45) is 0.781. The summed E-state index contributed by atoms with van der Waals surface area (Å²) < 4.78 is 5.45. The predicted molar refractivity (Wildman–Crippen MR) is 75.3 cm³/mol. The van der Waals surface area contributed by atoms with Crippen LogP contribution in [0.1, 0.15) is 29.1 Å². The van der Waals surface area contributed by atoms with Crippen LogP contribution in [0.15, 0.2) is 21.9 Å². The molecule has 0 spiro atoms. The normalized spacial score (nSPS) is 10.4. The fourth-order valence-corrected chi connectivity index (χ4v) is 2.36. The number of nitrogens with one attached hydrogen (secondary N) is 1. The molecule has 0 aromatic carbocycles. The third-order valence-corrected chi connectivity index (χ3v) is 3.43. The predicted octanol–water partition coefficient (Wildman–Crippen LogP) is 1.71. The fraction of sp³-hybridized carbons (Fsp3) is 0.308. The molecule has 0 aliphatic carbocycles. The zero-order chi connectivity index (χ0) is 14.5. The zero-order valence-electron chi connectivity index (χ0n) is 11.0. The number of carbonyl (C=O) groups is 2. The average molecular weight is 293 g/mol. The van der Waals surface area contributed by atoms with Gasteiger partial charge in [0.1, 0.15) is 11.5 Å². The monoisotopic (exact) mass is 293 g/mol. The summed E-state index contributed by atoms with van der Waals surface area (Å²) in [7, 11) is 0. The number of primary amides is 1. The largest absolute Gasteiger partial charge is 0.459 e. The molecular weight excluding hydrogens is 278 g/mol. The highest BCUT2D eigenvalue weighted by Gasteiger charge is 2.13. The molecule has 2 aromatic heterocycles. The van der Waals surface area contributed by atoms with Crippen molar-refractivity contribution in [3.63, 3.8) is 0 Å². The number of aromatic nitrogens is 1. The summed E-state index contributed by atoms with van der Waals surface area (Å²) in [6.45, 7) is 2.25. The Morgan fingerprint density at radius 3 is 2.90 bits per heavy atom. The number of carbonyl (C=O) groups excluding carboxylic acids is 2. The second kappa shape index (κ2) is 6.33. The second-order valence-corrected chi connectivity index (χ2v) is 5.13. The first-order chi connectivity index (χ1) is 9.56. The Morgan fingerprint density at radius 2 is 2.25 bits per heavy atom. The number of amides is 2. The van der Waals surface area contributed by atoms with Gasteiger partial charge in [-0.05, 0) is 25.5 Å². The summed E-state index contributed by atoms with van der Waals surface area (Å²) >= 11 is 1.35. The van der Waals surface area contributed by atoms with Gasteiger partial charge in [-0.15, -0.1) is 11.3 Å². The van der Waals surface area contributed by atoms with Crippen LogP contribution >= 0.6 is 11.3 Å². The Hall–Kier alpha value is -2.15. The molecule has 106 valence electrons. The Labute approximate surface area is 120 Å². The minimum atomic E-state index is -0.372. The Morgan fingerprint density at radius 1 is 1.45 bits per heavy atom. The zero-order valence-corrected chi connectivity index (χ0v) is 11.8. The van der Waals surface area contributed by atoms with Gasteiger partial charge in [0.05, 0.1) is 0 Å². The van der Waals surface area contributed by atoms with E-state index in [1.807, 2.05) is 19.1 Å². The van der Waals surface area contributed by atoms with Crippen LogP contribution in [0, 0.1) is 6.92 Å². The number of nitrogens with two attached hydrogens (primary N) is 1. The standard InChI is InChI=1S/C13H15N3O3S/c1-8-4-5-10(19-8)13-16-9(7-20-13)12(18)15-6-2-3-11(14)17/h4-5,7H,2-3,6H2,1H3,(H2,14,17)(H,15,18). The van der Waals surface area contributed by atoms with E-state index in [0.717, 1.165) is 5.76 Å². The van der Waals surface area contributed by atoms with Crippen molar-refractivity contribution in [1.82, 2.24) is 10.3 Å². The van der Waals surface area contributed by atoms with Crippen LogP contribution in [0.2, 0.25) is 0 Å². The van der Waals surface area contributed by atoms with E-state index in [9.17, 15) is 9.59 Å². The molecule has 2 aromatic rings. The van der Waals surface area contributed by atoms with Crippen LogP contribution in [-0.2, 0) is 4.79 Å². The highest BCUT2D eigenvalue weighted by Crippen LogP contribution is 2.25. The fourth-order valence-electron chi connectivity index (χ4n) is 1.60. The summed E-state index contributed by atoms with van der Waals surface area (Å²) in [5.41, 5.74) is 5.36.